The number of aryl methyl sites for hydroxylation is 2. The van der Waals surface area contributed by atoms with Crippen LogP contribution in [0.3, 0.4) is 0 Å². The fraction of sp³-hybridized carbons (Fsp3) is 0.143. The van der Waals surface area contributed by atoms with Gasteiger partial charge in [-0.25, -0.2) is 4.39 Å². The van der Waals surface area contributed by atoms with Crippen molar-refractivity contribution >= 4 is 11.7 Å². The second-order valence-electron chi connectivity index (χ2n) is 6.13. The van der Waals surface area contributed by atoms with Crippen LogP contribution in [0.2, 0.25) is 0 Å². The lowest BCUT2D eigenvalue weighted by atomic mass is 10.1. The van der Waals surface area contributed by atoms with Crippen LogP contribution < -0.4 is 10.1 Å². The van der Waals surface area contributed by atoms with Gasteiger partial charge in [-0.1, -0.05) is 17.7 Å². The molecule has 5 heteroatoms. The van der Waals surface area contributed by atoms with Crippen molar-refractivity contribution in [3.8, 4) is 11.5 Å². The summed E-state index contributed by atoms with van der Waals surface area (Å²) in [4.78, 5) is 23.9. The highest BCUT2D eigenvalue weighted by atomic mass is 19.1. The highest BCUT2D eigenvalue weighted by molar-refractivity contribution is 5.99. The summed E-state index contributed by atoms with van der Waals surface area (Å²) in [5, 5.41) is 2.78. The van der Waals surface area contributed by atoms with E-state index in [4.69, 9.17) is 4.74 Å². The summed E-state index contributed by atoms with van der Waals surface area (Å²) >= 11 is 0. The summed E-state index contributed by atoms with van der Waals surface area (Å²) in [5.74, 6) is 0.163. The first-order valence-corrected chi connectivity index (χ1v) is 8.19. The van der Waals surface area contributed by atoms with Gasteiger partial charge in [-0.15, -0.1) is 0 Å². The molecule has 132 valence electrons. The minimum atomic E-state index is -0.345. The van der Waals surface area contributed by atoms with E-state index >= 15 is 0 Å². The second-order valence-corrected chi connectivity index (χ2v) is 6.13. The van der Waals surface area contributed by atoms with Gasteiger partial charge in [-0.3, -0.25) is 9.59 Å². The van der Waals surface area contributed by atoms with Gasteiger partial charge in [0.1, 0.15) is 17.3 Å². The Kier molecular flexibility index (Phi) is 4.98. The number of carbonyl (C=O) groups is 2. The summed E-state index contributed by atoms with van der Waals surface area (Å²) in [7, 11) is 0. The minimum Gasteiger partial charge on any atom is -0.456 e. The fourth-order valence-electron chi connectivity index (χ4n) is 2.58. The zero-order chi connectivity index (χ0) is 18.7. The molecule has 0 fully saturated rings. The largest absolute Gasteiger partial charge is 0.456 e. The number of halogens is 1. The molecular formula is C21H18FNO3. The molecule has 0 saturated heterocycles. The van der Waals surface area contributed by atoms with Crippen LogP contribution in [0.4, 0.5) is 4.39 Å². The van der Waals surface area contributed by atoms with Crippen LogP contribution in [0.5, 0.6) is 11.5 Å². The molecule has 0 saturated carbocycles. The van der Waals surface area contributed by atoms with Gasteiger partial charge in [0.25, 0.3) is 5.91 Å². The Bertz CT molecular complexity index is 944. The van der Waals surface area contributed by atoms with Crippen LogP contribution in [0.1, 0.15) is 27.9 Å². The Morgan fingerprint density at radius 3 is 2.54 bits per heavy atom. The molecule has 2 aromatic carbocycles. The molecule has 0 aromatic heterocycles. The topological polar surface area (TPSA) is 55.4 Å². The number of ether oxygens (including phenoxy) is 1. The lowest BCUT2D eigenvalue weighted by Gasteiger charge is -2.15. The van der Waals surface area contributed by atoms with E-state index in [1.165, 1.54) is 24.3 Å². The molecule has 0 radical (unpaired) electrons. The van der Waals surface area contributed by atoms with Gasteiger partial charge in [0.05, 0.1) is 5.56 Å². The maximum Gasteiger partial charge on any atom is 0.259 e. The summed E-state index contributed by atoms with van der Waals surface area (Å²) in [6.07, 6.45) is 4.94. The van der Waals surface area contributed by atoms with E-state index in [-0.39, 0.29) is 23.9 Å². The Morgan fingerprint density at radius 1 is 1.08 bits per heavy atom. The molecule has 1 aliphatic carbocycles. The van der Waals surface area contributed by atoms with E-state index in [1.54, 1.807) is 31.2 Å². The normalized spacial score (nSPS) is 13.3. The highest BCUT2D eigenvalue weighted by Gasteiger charge is 2.16. The van der Waals surface area contributed by atoms with Crippen molar-refractivity contribution in [1.29, 1.82) is 0 Å². The molecule has 0 atom stereocenters. The second kappa shape index (κ2) is 7.35. The number of nitrogens with one attached hydrogen (secondary N) is 1. The van der Waals surface area contributed by atoms with E-state index in [0.29, 0.717) is 28.3 Å². The molecular weight excluding hydrogens is 333 g/mol. The Balaban J connectivity index is 1.87. The third-order valence-corrected chi connectivity index (χ3v) is 3.97. The summed E-state index contributed by atoms with van der Waals surface area (Å²) < 4.78 is 19.1. The van der Waals surface area contributed by atoms with E-state index in [1.807, 2.05) is 13.0 Å². The Labute approximate surface area is 151 Å². The maximum absolute atomic E-state index is 13.3. The number of hydrogen-bond donors (Lipinski definition) is 1. The van der Waals surface area contributed by atoms with Crippen molar-refractivity contribution in [2.75, 3.05) is 0 Å². The van der Waals surface area contributed by atoms with Crippen LogP contribution in [-0.2, 0) is 4.79 Å². The van der Waals surface area contributed by atoms with E-state index in [9.17, 15) is 14.0 Å². The number of ketones is 1. The molecule has 2 aromatic rings. The molecule has 0 spiro atoms. The number of allylic oxidation sites excluding steroid dienone is 3. The average Bonchev–Trinajstić information content (AvgIpc) is 2.60. The number of hydrogen-bond acceptors (Lipinski definition) is 3. The van der Waals surface area contributed by atoms with E-state index in [2.05, 4.69) is 5.32 Å². The third kappa shape index (κ3) is 4.06. The zero-order valence-electron chi connectivity index (χ0n) is 14.5. The van der Waals surface area contributed by atoms with Crippen LogP contribution in [-0.4, -0.2) is 11.7 Å². The third-order valence-electron chi connectivity index (χ3n) is 3.97. The van der Waals surface area contributed by atoms with Gasteiger partial charge in [0.15, 0.2) is 5.78 Å². The van der Waals surface area contributed by atoms with Crippen molar-refractivity contribution in [2.24, 2.45) is 0 Å². The molecule has 3 rings (SSSR count). The predicted molar refractivity (Wildman–Crippen MR) is 96.7 cm³/mol. The molecule has 1 aliphatic rings. The van der Waals surface area contributed by atoms with Gasteiger partial charge in [0, 0.05) is 12.1 Å². The molecule has 1 N–H and O–H groups in total. The number of rotatable bonds is 4. The highest BCUT2D eigenvalue weighted by Crippen LogP contribution is 2.29. The summed E-state index contributed by atoms with van der Waals surface area (Å²) in [6, 6.07) is 9.49. The maximum atomic E-state index is 13.3. The van der Waals surface area contributed by atoms with Crippen molar-refractivity contribution in [3.63, 3.8) is 0 Å². The van der Waals surface area contributed by atoms with Gasteiger partial charge in [-0.2, -0.15) is 0 Å². The molecule has 0 heterocycles. The molecule has 26 heavy (non-hydrogen) atoms. The first-order chi connectivity index (χ1) is 12.4. The lowest BCUT2D eigenvalue weighted by molar-refractivity contribution is -0.113. The minimum absolute atomic E-state index is 0.00522. The van der Waals surface area contributed by atoms with Crippen LogP contribution >= 0.6 is 0 Å². The molecule has 1 amide bonds. The lowest BCUT2D eigenvalue weighted by Crippen LogP contribution is -2.23. The smallest absolute Gasteiger partial charge is 0.259 e. The monoisotopic (exact) mass is 351 g/mol. The van der Waals surface area contributed by atoms with E-state index in [0.717, 1.165) is 5.56 Å². The molecule has 0 aliphatic heterocycles. The Hall–Kier alpha value is -3.21. The summed E-state index contributed by atoms with van der Waals surface area (Å²) in [6.45, 7) is 3.61. The fourth-order valence-corrected chi connectivity index (χ4v) is 2.58. The first-order valence-electron chi connectivity index (χ1n) is 8.19. The quantitative estimate of drug-likeness (QED) is 0.889. The Morgan fingerprint density at radius 2 is 1.85 bits per heavy atom. The molecule has 0 bridgehead atoms. The number of carbonyl (C=O) groups excluding carboxylic acids is 2. The zero-order valence-corrected chi connectivity index (χ0v) is 14.5. The molecule has 4 nitrogen and oxygen atoms in total. The summed E-state index contributed by atoms with van der Waals surface area (Å²) in [5.41, 5.74) is 2.47. The average molecular weight is 351 g/mol. The van der Waals surface area contributed by atoms with Crippen molar-refractivity contribution in [1.82, 2.24) is 5.32 Å². The van der Waals surface area contributed by atoms with Crippen molar-refractivity contribution < 1.29 is 18.7 Å². The van der Waals surface area contributed by atoms with Crippen molar-refractivity contribution in [3.05, 3.63) is 82.8 Å². The van der Waals surface area contributed by atoms with Crippen LogP contribution in [0.25, 0.3) is 0 Å². The number of amides is 1. The van der Waals surface area contributed by atoms with Crippen LogP contribution in [0, 0.1) is 19.7 Å². The van der Waals surface area contributed by atoms with Crippen molar-refractivity contribution in [2.45, 2.75) is 20.3 Å². The molecule has 0 unspecified atom stereocenters. The van der Waals surface area contributed by atoms with Gasteiger partial charge in [-0.05, 0) is 61.9 Å². The van der Waals surface area contributed by atoms with Gasteiger partial charge < -0.3 is 10.1 Å². The van der Waals surface area contributed by atoms with Gasteiger partial charge >= 0.3 is 0 Å². The SMILES string of the molecule is Cc1ccc(Oc2ccc(F)cc2C)c(C(=O)NC2=CCC(=O)C=C2)c1. The first kappa shape index (κ1) is 17.6. The van der Waals surface area contributed by atoms with Gasteiger partial charge in [0.2, 0.25) is 0 Å². The number of benzene rings is 2. The predicted octanol–water partition coefficient (Wildman–Crippen LogP) is 4.38. The van der Waals surface area contributed by atoms with Crippen LogP contribution in [0.15, 0.2) is 60.3 Å². The van der Waals surface area contributed by atoms with E-state index < -0.39 is 0 Å². The standard InChI is InChI=1S/C21H18FNO3/c1-13-3-9-20(26-19-10-4-15(22)12-14(19)2)18(11-13)21(25)23-16-5-7-17(24)8-6-16/h3-7,9-12H,8H2,1-2H3,(H,23,25).